The zero-order chi connectivity index (χ0) is 10.9. The second kappa shape index (κ2) is 3.88. The molecule has 0 aromatic carbocycles. The van der Waals surface area contributed by atoms with E-state index in [-0.39, 0.29) is 12.5 Å². The molecule has 1 fully saturated rings. The maximum absolute atomic E-state index is 11.2. The van der Waals surface area contributed by atoms with Gasteiger partial charge in [0.05, 0.1) is 12.1 Å². The van der Waals surface area contributed by atoms with Crippen LogP contribution in [0, 0.1) is 0 Å². The SMILES string of the molecule is NCC(=O)NC1(C(O)c2nccs2)CC1. The van der Waals surface area contributed by atoms with Crippen LogP contribution in [-0.2, 0) is 4.79 Å². The lowest BCUT2D eigenvalue weighted by molar-refractivity contribution is -0.121. The minimum absolute atomic E-state index is 0.0493. The van der Waals surface area contributed by atoms with E-state index in [4.69, 9.17) is 5.73 Å². The first-order valence-electron chi connectivity index (χ1n) is 4.76. The van der Waals surface area contributed by atoms with Crippen LogP contribution < -0.4 is 11.1 Å². The van der Waals surface area contributed by atoms with Gasteiger partial charge in [0, 0.05) is 11.6 Å². The van der Waals surface area contributed by atoms with Gasteiger partial charge in [0.15, 0.2) is 0 Å². The van der Waals surface area contributed by atoms with E-state index in [1.807, 2.05) is 0 Å². The Kier molecular flexibility index (Phi) is 2.72. The Balaban J connectivity index is 2.06. The molecule has 1 aliphatic carbocycles. The molecule has 0 bridgehead atoms. The second-order valence-electron chi connectivity index (χ2n) is 3.68. The number of nitrogens with two attached hydrogens (primary N) is 1. The predicted octanol–water partition coefficient (Wildman–Crippen LogP) is -0.216. The number of rotatable bonds is 4. The summed E-state index contributed by atoms with van der Waals surface area (Å²) in [5, 5.41) is 15.2. The zero-order valence-corrected chi connectivity index (χ0v) is 8.96. The molecule has 1 aromatic rings. The van der Waals surface area contributed by atoms with Crippen molar-refractivity contribution in [3.63, 3.8) is 0 Å². The Morgan fingerprint density at radius 2 is 2.53 bits per heavy atom. The van der Waals surface area contributed by atoms with Crippen LogP contribution in [0.25, 0.3) is 0 Å². The quantitative estimate of drug-likeness (QED) is 0.663. The fourth-order valence-electron chi connectivity index (χ4n) is 1.54. The molecule has 0 aliphatic heterocycles. The van der Waals surface area contributed by atoms with E-state index < -0.39 is 11.6 Å². The second-order valence-corrected chi connectivity index (χ2v) is 4.61. The molecule has 1 atom stereocenters. The fourth-order valence-corrected chi connectivity index (χ4v) is 2.27. The van der Waals surface area contributed by atoms with Crippen molar-refractivity contribution in [1.29, 1.82) is 0 Å². The average molecular weight is 227 g/mol. The first-order valence-corrected chi connectivity index (χ1v) is 5.64. The summed E-state index contributed by atoms with van der Waals surface area (Å²) in [6.45, 7) is -0.0493. The minimum atomic E-state index is -0.715. The van der Waals surface area contributed by atoms with Crippen molar-refractivity contribution in [2.75, 3.05) is 6.54 Å². The number of aliphatic hydroxyl groups excluding tert-OH is 1. The lowest BCUT2D eigenvalue weighted by Gasteiger charge is -2.21. The number of thiazole rings is 1. The van der Waals surface area contributed by atoms with E-state index in [0.29, 0.717) is 5.01 Å². The first-order chi connectivity index (χ1) is 7.18. The Labute approximate surface area is 91.3 Å². The largest absolute Gasteiger partial charge is 0.383 e. The summed E-state index contributed by atoms with van der Waals surface area (Å²) in [4.78, 5) is 15.2. The van der Waals surface area contributed by atoms with E-state index >= 15 is 0 Å². The van der Waals surface area contributed by atoms with Crippen molar-refractivity contribution in [1.82, 2.24) is 10.3 Å². The Hall–Kier alpha value is -0.980. The van der Waals surface area contributed by atoms with E-state index in [1.54, 1.807) is 11.6 Å². The van der Waals surface area contributed by atoms with Gasteiger partial charge in [-0.1, -0.05) is 0 Å². The lowest BCUT2D eigenvalue weighted by atomic mass is 10.1. The summed E-state index contributed by atoms with van der Waals surface area (Å²) < 4.78 is 0. The molecular formula is C9H13N3O2S. The number of hydrogen-bond donors (Lipinski definition) is 3. The maximum Gasteiger partial charge on any atom is 0.234 e. The number of carbonyl (C=O) groups excluding carboxylic acids is 1. The van der Waals surface area contributed by atoms with Crippen molar-refractivity contribution in [2.45, 2.75) is 24.5 Å². The summed E-state index contributed by atoms with van der Waals surface area (Å²) in [5.74, 6) is -0.233. The van der Waals surface area contributed by atoms with E-state index in [2.05, 4.69) is 10.3 Å². The van der Waals surface area contributed by atoms with Gasteiger partial charge < -0.3 is 16.2 Å². The molecule has 0 saturated heterocycles. The standard InChI is InChI=1S/C9H13N3O2S/c10-5-6(13)12-9(1-2-9)7(14)8-11-3-4-15-8/h3-4,7,14H,1-2,5,10H2,(H,12,13). The van der Waals surface area contributed by atoms with Crippen LogP contribution in [0.4, 0.5) is 0 Å². The van der Waals surface area contributed by atoms with Gasteiger partial charge in [0.1, 0.15) is 11.1 Å². The van der Waals surface area contributed by atoms with Crippen LogP contribution in [0.5, 0.6) is 0 Å². The highest BCUT2D eigenvalue weighted by atomic mass is 32.1. The molecule has 1 aromatic heterocycles. The molecule has 2 rings (SSSR count). The molecule has 1 amide bonds. The highest BCUT2D eigenvalue weighted by Crippen LogP contribution is 2.46. The third kappa shape index (κ3) is 2.01. The number of aliphatic hydroxyl groups is 1. The van der Waals surface area contributed by atoms with E-state index in [9.17, 15) is 9.90 Å². The molecule has 0 spiro atoms. The maximum atomic E-state index is 11.2. The highest BCUT2D eigenvalue weighted by Gasteiger charge is 2.51. The van der Waals surface area contributed by atoms with Gasteiger partial charge in [-0.25, -0.2) is 4.98 Å². The number of hydrogen-bond acceptors (Lipinski definition) is 5. The van der Waals surface area contributed by atoms with E-state index in [0.717, 1.165) is 12.8 Å². The molecule has 5 nitrogen and oxygen atoms in total. The Morgan fingerprint density at radius 3 is 3.00 bits per heavy atom. The smallest absolute Gasteiger partial charge is 0.234 e. The molecule has 15 heavy (non-hydrogen) atoms. The van der Waals surface area contributed by atoms with Gasteiger partial charge in [0.2, 0.25) is 5.91 Å². The summed E-state index contributed by atoms with van der Waals surface area (Å²) in [5.41, 5.74) is 4.70. The van der Waals surface area contributed by atoms with Crippen molar-refractivity contribution < 1.29 is 9.90 Å². The van der Waals surface area contributed by atoms with Crippen molar-refractivity contribution in [3.05, 3.63) is 16.6 Å². The first kappa shape index (κ1) is 10.5. The minimum Gasteiger partial charge on any atom is -0.383 e. The van der Waals surface area contributed by atoms with Crippen LogP contribution in [0.1, 0.15) is 24.0 Å². The third-order valence-corrected chi connectivity index (χ3v) is 3.40. The fraction of sp³-hybridized carbons (Fsp3) is 0.556. The van der Waals surface area contributed by atoms with Crippen LogP contribution in [0.15, 0.2) is 11.6 Å². The molecule has 1 aliphatic rings. The molecule has 4 N–H and O–H groups in total. The van der Waals surface area contributed by atoms with Crippen molar-refractivity contribution >= 4 is 17.2 Å². The number of aromatic nitrogens is 1. The predicted molar refractivity (Wildman–Crippen MR) is 56.2 cm³/mol. The van der Waals surface area contributed by atoms with Crippen LogP contribution >= 0.6 is 11.3 Å². The monoisotopic (exact) mass is 227 g/mol. The van der Waals surface area contributed by atoms with Crippen LogP contribution in [0.2, 0.25) is 0 Å². The average Bonchev–Trinajstić information content (AvgIpc) is 2.82. The number of nitrogens with one attached hydrogen (secondary N) is 1. The molecule has 6 heteroatoms. The number of carbonyl (C=O) groups is 1. The molecular weight excluding hydrogens is 214 g/mol. The normalized spacial score (nSPS) is 19.6. The number of nitrogens with zero attached hydrogens (tertiary/aromatic N) is 1. The third-order valence-electron chi connectivity index (χ3n) is 2.57. The van der Waals surface area contributed by atoms with Gasteiger partial charge in [-0.05, 0) is 12.8 Å². The molecule has 1 unspecified atom stereocenters. The topological polar surface area (TPSA) is 88.2 Å². The summed E-state index contributed by atoms with van der Waals surface area (Å²) in [6.07, 6.45) is 2.48. The van der Waals surface area contributed by atoms with Crippen LogP contribution in [-0.4, -0.2) is 28.1 Å². The van der Waals surface area contributed by atoms with Gasteiger partial charge in [-0.2, -0.15) is 0 Å². The molecule has 82 valence electrons. The van der Waals surface area contributed by atoms with Gasteiger partial charge in [-0.15, -0.1) is 11.3 Å². The van der Waals surface area contributed by atoms with Crippen molar-refractivity contribution in [2.24, 2.45) is 5.73 Å². The van der Waals surface area contributed by atoms with Gasteiger partial charge >= 0.3 is 0 Å². The summed E-state index contributed by atoms with van der Waals surface area (Å²) in [7, 11) is 0. The summed E-state index contributed by atoms with van der Waals surface area (Å²) in [6, 6.07) is 0. The highest BCUT2D eigenvalue weighted by molar-refractivity contribution is 7.09. The molecule has 1 heterocycles. The summed E-state index contributed by atoms with van der Waals surface area (Å²) >= 11 is 1.39. The number of amides is 1. The zero-order valence-electron chi connectivity index (χ0n) is 8.14. The van der Waals surface area contributed by atoms with Crippen molar-refractivity contribution in [3.8, 4) is 0 Å². The van der Waals surface area contributed by atoms with Crippen LogP contribution in [0.3, 0.4) is 0 Å². The Morgan fingerprint density at radius 1 is 1.80 bits per heavy atom. The molecule has 1 saturated carbocycles. The van der Waals surface area contributed by atoms with E-state index in [1.165, 1.54) is 11.3 Å². The van der Waals surface area contributed by atoms with Gasteiger partial charge in [0.25, 0.3) is 0 Å². The molecule has 0 radical (unpaired) electrons. The lowest BCUT2D eigenvalue weighted by Crippen LogP contribution is -2.44. The van der Waals surface area contributed by atoms with Gasteiger partial charge in [-0.3, -0.25) is 4.79 Å². The Bertz CT molecular complexity index is 348.